The van der Waals surface area contributed by atoms with Gasteiger partial charge in [0.05, 0.1) is 11.7 Å². The summed E-state index contributed by atoms with van der Waals surface area (Å²) in [6.07, 6.45) is 4.68. The average Bonchev–Trinajstić information content (AvgIpc) is 2.80. The van der Waals surface area contributed by atoms with Crippen molar-refractivity contribution in [2.75, 3.05) is 6.26 Å². The van der Waals surface area contributed by atoms with E-state index >= 15 is 0 Å². The monoisotopic (exact) mass is 301 g/mol. The van der Waals surface area contributed by atoms with Crippen molar-refractivity contribution in [1.82, 2.24) is 5.32 Å². The zero-order chi connectivity index (χ0) is 13.9. The summed E-state index contributed by atoms with van der Waals surface area (Å²) in [6.45, 7) is 0. The third kappa shape index (κ3) is 4.31. The molecule has 1 N–H and O–H groups in total. The molecule has 106 valence electrons. The maximum absolute atomic E-state index is 11.9. The van der Waals surface area contributed by atoms with Crippen LogP contribution in [0.3, 0.4) is 0 Å². The normalized spacial score (nSPS) is 24.1. The van der Waals surface area contributed by atoms with Crippen LogP contribution in [0.15, 0.2) is 17.5 Å². The number of carbonyl (C=O) groups excluding carboxylic acids is 1. The van der Waals surface area contributed by atoms with E-state index in [0.717, 1.165) is 24.1 Å². The second-order valence-corrected chi connectivity index (χ2v) is 8.50. The smallest absolute Gasteiger partial charge is 0.225 e. The molecule has 1 aliphatic carbocycles. The first kappa shape index (κ1) is 14.5. The van der Waals surface area contributed by atoms with Crippen LogP contribution in [-0.4, -0.2) is 31.9 Å². The van der Waals surface area contributed by atoms with Crippen LogP contribution in [0.2, 0.25) is 0 Å². The zero-order valence-electron chi connectivity index (χ0n) is 11.0. The maximum Gasteiger partial charge on any atom is 0.225 e. The highest BCUT2D eigenvalue weighted by atomic mass is 32.2. The molecular weight excluding hydrogens is 282 g/mol. The summed E-state index contributed by atoms with van der Waals surface area (Å²) in [7, 11) is -2.99. The van der Waals surface area contributed by atoms with Gasteiger partial charge < -0.3 is 5.32 Å². The molecule has 0 aromatic carbocycles. The number of sulfone groups is 1. The number of nitrogens with one attached hydrogen (secondary N) is 1. The van der Waals surface area contributed by atoms with Crippen molar-refractivity contribution in [2.45, 2.75) is 43.4 Å². The summed E-state index contributed by atoms with van der Waals surface area (Å²) in [5.41, 5.74) is 0. The van der Waals surface area contributed by atoms with Crippen molar-refractivity contribution in [3.63, 3.8) is 0 Å². The van der Waals surface area contributed by atoms with Crippen molar-refractivity contribution in [3.05, 3.63) is 22.4 Å². The lowest BCUT2D eigenvalue weighted by molar-refractivity contribution is -0.121. The van der Waals surface area contributed by atoms with E-state index in [1.165, 1.54) is 6.26 Å². The molecule has 1 heterocycles. The molecule has 1 aromatic heterocycles. The average molecular weight is 301 g/mol. The number of amides is 1. The summed E-state index contributed by atoms with van der Waals surface area (Å²) in [5, 5.41) is 4.61. The Bertz CT molecular complexity index is 522. The molecular formula is C13H19NO3S2. The summed E-state index contributed by atoms with van der Waals surface area (Å²) >= 11 is 1.56. The lowest BCUT2D eigenvalue weighted by Crippen LogP contribution is -2.42. The molecule has 4 nitrogen and oxygen atoms in total. The fraction of sp³-hybridized carbons (Fsp3) is 0.615. The Morgan fingerprint density at radius 1 is 1.47 bits per heavy atom. The molecule has 1 fully saturated rings. The molecule has 0 bridgehead atoms. The molecule has 2 rings (SSSR count). The van der Waals surface area contributed by atoms with Crippen LogP contribution in [0.5, 0.6) is 0 Å². The van der Waals surface area contributed by atoms with Gasteiger partial charge in [-0.2, -0.15) is 0 Å². The zero-order valence-corrected chi connectivity index (χ0v) is 12.6. The predicted molar refractivity (Wildman–Crippen MR) is 77.1 cm³/mol. The van der Waals surface area contributed by atoms with Crippen LogP contribution in [0, 0.1) is 0 Å². The molecule has 1 aliphatic rings. The summed E-state index contributed by atoms with van der Waals surface area (Å²) in [4.78, 5) is 12.9. The molecule has 19 heavy (non-hydrogen) atoms. The van der Waals surface area contributed by atoms with Gasteiger partial charge in [-0.25, -0.2) is 8.42 Å². The fourth-order valence-corrected chi connectivity index (χ4v) is 4.40. The van der Waals surface area contributed by atoms with Crippen LogP contribution in [0.4, 0.5) is 0 Å². The highest BCUT2D eigenvalue weighted by Gasteiger charge is 2.29. The number of hydrogen-bond donors (Lipinski definition) is 1. The van der Waals surface area contributed by atoms with Gasteiger partial charge in [0.1, 0.15) is 9.84 Å². The van der Waals surface area contributed by atoms with Crippen LogP contribution in [0.1, 0.15) is 30.6 Å². The maximum atomic E-state index is 11.9. The first-order valence-electron chi connectivity index (χ1n) is 6.46. The Labute approximate surface area is 118 Å². The van der Waals surface area contributed by atoms with Gasteiger partial charge in [-0.1, -0.05) is 12.5 Å². The van der Waals surface area contributed by atoms with E-state index in [4.69, 9.17) is 0 Å². The number of thiophene rings is 1. The molecule has 1 amide bonds. The Kier molecular flexibility index (Phi) is 4.62. The molecule has 0 radical (unpaired) electrons. The van der Waals surface area contributed by atoms with Crippen LogP contribution in [0.25, 0.3) is 0 Å². The quantitative estimate of drug-likeness (QED) is 0.922. The fourth-order valence-electron chi connectivity index (χ4n) is 2.52. The summed E-state index contributed by atoms with van der Waals surface area (Å²) < 4.78 is 23.1. The molecule has 1 saturated carbocycles. The summed E-state index contributed by atoms with van der Waals surface area (Å²) in [6, 6.07) is 3.86. The first-order chi connectivity index (χ1) is 8.95. The van der Waals surface area contributed by atoms with Crippen molar-refractivity contribution in [1.29, 1.82) is 0 Å². The van der Waals surface area contributed by atoms with E-state index in [2.05, 4.69) is 5.32 Å². The van der Waals surface area contributed by atoms with Crippen molar-refractivity contribution in [2.24, 2.45) is 0 Å². The van der Waals surface area contributed by atoms with Gasteiger partial charge in [0.25, 0.3) is 0 Å². The number of rotatable bonds is 4. The topological polar surface area (TPSA) is 63.2 Å². The second kappa shape index (κ2) is 6.05. The van der Waals surface area contributed by atoms with E-state index in [0.29, 0.717) is 12.8 Å². The lowest BCUT2D eigenvalue weighted by atomic mass is 9.95. The minimum atomic E-state index is -2.99. The highest BCUT2D eigenvalue weighted by molar-refractivity contribution is 7.91. The Hall–Kier alpha value is -0.880. The molecule has 0 aliphatic heterocycles. The van der Waals surface area contributed by atoms with E-state index in [1.54, 1.807) is 11.3 Å². The van der Waals surface area contributed by atoms with Crippen LogP contribution < -0.4 is 5.32 Å². The molecule has 6 heteroatoms. The Balaban J connectivity index is 1.87. The van der Waals surface area contributed by atoms with Gasteiger partial charge in [-0.3, -0.25) is 4.79 Å². The molecule has 0 saturated heterocycles. The van der Waals surface area contributed by atoms with Crippen LogP contribution in [-0.2, 0) is 21.1 Å². The van der Waals surface area contributed by atoms with E-state index in [-0.39, 0.29) is 17.2 Å². The standard InChI is InChI=1S/C13H19NO3S2/c1-19(16,17)12-6-2-4-10(8-12)14-13(15)9-11-5-3-7-18-11/h3,5,7,10,12H,2,4,6,8-9H2,1H3,(H,14,15)/t10-,12+/m1/s1. The second-order valence-electron chi connectivity index (χ2n) is 5.14. The Morgan fingerprint density at radius 2 is 2.26 bits per heavy atom. The minimum Gasteiger partial charge on any atom is -0.353 e. The van der Waals surface area contributed by atoms with E-state index in [1.807, 2.05) is 17.5 Å². The number of hydrogen-bond acceptors (Lipinski definition) is 4. The molecule has 0 unspecified atom stereocenters. The number of carbonyl (C=O) groups is 1. The largest absolute Gasteiger partial charge is 0.353 e. The van der Waals surface area contributed by atoms with Gasteiger partial charge in [-0.05, 0) is 30.7 Å². The van der Waals surface area contributed by atoms with E-state index < -0.39 is 9.84 Å². The Morgan fingerprint density at radius 3 is 2.89 bits per heavy atom. The first-order valence-corrected chi connectivity index (χ1v) is 9.29. The van der Waals surface area contributed by atoms with Crippen molar-refractivity contribution < 1.29 is 13.2 Å². The van der Waals surface area contributed by atoms with E-state index in [9.17, 15) is 13.2 Å². The van der Waals surface area contributed by atoms with Crippen LogP contribution >= 0.6 is 11.3 Å². The SMILES string of the molecule is CS(=O)(=O)[C@H]1CCC[C@@H](NC(=O)Cc2cccs2)C1. The molecule has 0 spiro atoms. The summed E-state index contributed by atoms with van der Waals surface area (Å²) in [5.74, 6) is -0.0124. The molecule has 1 aromatic rings. The van der Waals surface area contributed by atoms with Gasteiger partial charge in [0.2, 0.25) is 5.91 Å². The van der Waals surface area contributed by atoms with Gasteiger partial charge in [0, 0.05) is 17.2 Å². The minimum absolute atomic E-state index is 0.000868. The lowest BCUT2D eigenvalue weighted by Gasteiger charge is -2.28. The van der Waals surface area contributed by atoms with Crippen molar-refractivity contribution >= 4 is 27.1 Å². The predicted octanol–water partition coefficient (Wildman–Crippen LogP) is 1.76. The van der Waals surface area contributed by atoms with Gasteiger partial charge in [0.15, 0.2) is 0 Å². The van der Waals surface area contributed by atoms with Gasteiger partial charge in [-0.15, -0.1) is 11.3 Å². The molecule has 2 atom stereocenters. The third-order valence-electron chi connectivity index (χ3n) is 3.51. The van der Waals surface area contributed by atoms with Gasteiger partial charge >= 0.3 is 0 Å². The van der Waals surface area contributed by atoms with Crippen molar-refractivity contribution in [3.8, 4) is 0 Å². The highest BCUT2D eigenvalue weighted by Crippen LogP contribution is 2.24. The third-order valence-corrected chi connectivity index (χ3v) is 6.03.